The van der Waals surface area contributed by atoms with E-state index in [1.54, 1.807) is 0 Å². The van der Waals surface area contributed by atoms with Crippen LogP contribution in [0.2, 0.25) is 0 Å². The monoisotopic (exact) mass is 207 g/mol. The van der Waals surface area contributed by atoms with E-state index in [9.17, 15) is 0 Å². The molecule has 3 heteroatoms. The Morgan fingerprint density at radius 3 is 3.00 bits per heavy atom. The zero-order valence-corrected chi connectivity index (χ0v) is 10.0. The Bertz CT molecular complexity index is 328. The Hall–Kier alpha value is -0.830. The number of imidazole rings is 1. The first-order valence-electron chi connectivity index (χ1n) is 5.88. The van der Waals surface area contributed by atoms with Crippen LogP contribution in [-0.2, 0) is 12.8 Å². The highest BCUT2D eigenvalue weighted by Crippen LogP contribution is 2.24. The number of hydrogen-bond donors (Lipinski definition) is 0. The fraction of sp³-hybridized carbons (Fsp3) is 0.750. The molecule has 15 heavy (non-hydrogen) atoms. The summed E-state index contributed by atoms with van der Waals surface area (Å²) in [6.07, 6.45) is 7.08. The standard InChI is InChI=1S/C12H21N3/c1-10-5-4-6-12-13-11(9-15(10)12)7-8-14(2)3/h9-10H,4-8H2,1-3H3. The Labute approximate surface area is 92.1 Å². The molecule has 1 aromatic heterocycles. The van der Waals surface area contributed by atoms with Crippen molar-refractivity contribution in [2.75, 3.05) is 20.6 Å². The second-order valence-electron chi connectivity index (χ2n) is 4.85. The highest BCUT2D eigenvalue weighted by molar-refractivity contribution is 5.08. The summed E-state index contributed by atoms with van der Waals surface area (Å²) >= 11 is 0. The van der Waals surface area contributed by atoms with Crippen molar-refractivity contribution in [1.82, 2.24) is 14.5 Å². The number of rotatable bonds is 3. The molecule has 1 aliphatic heterocycles. The molecule has 1 aliphatic rings. The fourth-order valence-corrected chi connectivity index (χ4v) is 2.21. The molecule has 0 amide bonds. The average Bonchev–Trinajstić information content (AvgIpc) is 2.59. The molecule has 1 atom stereocenters. The molecule has 0 fully saturated rings. The van der Waals surface area contributed by atoms with E-state index in [2.05, 4.69) is 36.7 Å². The van der Waals surface area contributed by atoms with Crippen molar-refractivity contribution in [1.29, 1.82) is 0 Å². The van der Waals surface area contributed by atoms with Crippen LogP contribution in [-0.4, -0.2) is 35.1 Å². The van der Waals surface area contributed by atoms with Gasteiger partial charge in [-0.1, -0.05) is 0 Å². The molecule has 0 saturated heterocycles. The van der Waals surface area contributed by atoms with Gasteiger partial charge in [0.1, 0.15) is 5.82 Å². The van der Waals surface area contributed by atoms with E-state index in [1.165, 1.54) is 24.4 Å². The van der Waals surface area contributed by atoms with Crippen LogP contribution < -0.4 is 0 Å². The molecule has 0 radical (unpaired) electrons. The van der Waals surface area contributed by atoms with Gasteiger partial charge in [0, 0.05) is 31.6 Å². The number of aryl methyl sites for hydroxylation is 1. The minimum Gasteiger partial charge on any atom is -0.332 e. The number of fused-ring (bicyclic) bond motifs is 1. The van der Waals surface area contributed by atoms with Crippen molar-refractivity contribution >= 4 is 0 Å². The number of aromatic nitrogens is 2. The lowest BCUT2D eigenvalue weighted by atomic mass is 10.1. The largest absolute Gasteiger partial charge is 0.332 e. The summed E-state index contributed by atoms with van der Waals surface area (Å²) in [5.41, 5.74) is 1.26. The first-order valence-corrected chi connectivity index (χ1v) is 5.88. The molecule has 3 nitrogen and oxygen atoms in total. The van der Waals surface area contributed by atoms with Crippen molar-refractivity contribution in [3.05, 3.63) is 17.7 Å². The maximum atomic E-state index is 4.71. The van der Waals surface area contributed by atoms with Gasteiger partial charge in [0.05, 0.1) is 5.69 Å². The first-order chi connectivity index (χ1) is 7.16. The van der Waals surface area contributed by atoms with Crippen molar-refractivity contribution in [3.8, 4) is 0 Å². The van der Waals surface area contributed by atoms with Crippen LogP contribution in [0.5, 0.6) is 0 Å². The predicted molar refractivity (Wildman–Crippen MR) is 62.1 cm³/mol. The predicted octanol–water partition coefficient (Wildman–Crippen LogP) is 1.88. The molecule has 2 rings (SSSR count). The minimum absolute atomic E-state index is 0.648. The Morgan fingerprint density at radius 2 is 2.33 bits per heavy atom. The normalized spacial score (nSPS) is 20.7. The highest BCUT2D eigenvalue weighted by atomic mass is 15.1. The van der Waals surface area contributed by atoms with Gasteiger partial charge in [-0.3, -0.25) is 0 Å². The first kappa shape index (κ1) is 10.7. The summed E-state index contributed by atoms with van der Waals surface area (Å²) < 4.78 is 2.37. The molecule has 1 aromatic rings. The zero-order valence-electron chi connectivity index (χ0n) is 10.0. The van der Waals surface area contributed by atoms with Gasteiger partial charge in [-0.05, 0) is 33.9 Å². The Kier molecular flexibility index (Phi) is 3.10. The topological polar surface area (TPSA) is 21.1 Å². The summed E-state index contributed by atoms with van der Waals surface area (Å²) in [6.45, 7) is 3.38. The summed E-state index contributed by atoms with van der Waals surface area (Å²) in [5.74, 6) is 1.29. The van der Waals surface area contributed by atoms with Crippen LogP contribution in [0.15, 0.2) is 6.20 Å². The van der Waals surface area contributed by atoms with E-state index in [0.717, 1.165) is 19.4 Å². The van der Waals surface area contributed by atoms with Crippen molar-refractivity contribution in [2.45, 2.75) is 38.6 Å². The summed E-state index contributed by atoms with van der Waals surface area (Å²) in [7, 11) is 4.22. The van der Waals surface area contributed by atoms with Gasteiger partial charge in [-0.2, -0.15) is 0 Å². The molecule has 0 N–H and O–H groups in total. The summed E-state index contributed by atoms with van der Waals surface area (Å²) in [5, 5.41) is 0. The Morgan fingerprint density at radius 1 is 1.53 bits per heavy atom. The second-order valence-corrected chi connectivity index (χ2v) is 4.85. The highest BCUT2D eigenvalue weighted by Gasteiger charge is 2.17. The lowest BCUT2D eigenvalue weighted by molar-refractivity contribution is 0.412. The quantitative estimate of drug-likeness (QED) is 0.754. The SMILES string of the molecule is CC1CCCc2nc(CCN(C)C)cn21. The molecular formula is C12H21N3. The lowest BCUT2D eigenvalue weighted by Crippen LogP contribution is -2.15. The van der Waals surface area contributed by atoms with Gasteiger partial charge in [0.15, 0.2) is 0 Å². The van der Waals surface area contributed by atoms with Gasteiger partial charge in [-0.25, -0.2) is 4.98 Å². The van der Waals surface area contributed by atoms with Gasteiger partial charge in [0.2, 0.25) is 0 Å². The van der Waals surface area contributed by atoms with Gasteiger partial charge < -0.3 is 9.47 Å². The van der Waals surface area contributed by atoms with E-state index >= 15 is 0 Å². The second kappa shape index (κ2) is 4.35. The molecule has 0 aliphatic carbocycles. The number of hydrogen-bond acceptors (Lipinski definition) is 2. The number of likely N-dealkylation sites (N-methyl/N-ethyl adjacent to an activating group) is 1. The molecule has 1 unspecified atom stereocenters. The van der Waals surface area contributed by atoms with Crippen molar-refractivity contribution in [3.63, 3.8) is 0 Å². The zero-order chi connectivity index (χ0) is 10.8. The van der Waals surface area contributed by atoms with E-state index in [1.807, 2.05) is 0 Å². The third-order valence-electron chi connectivity index (χ3n) is 3.17. The summed E-state index contributed by atoms with van der Waals surface area (Å²) in [4.78, 5) is 6.92. The van der Waals surface area contributed by atoms with Gasteiger partial charge >= 0.3 is 0 Å². The minimum atomic E-state index is 0.648. The molecule has 0 bridgehead atoms. The maximum absolute atomic E-state index is 4.71. The maximum Gasteiger partial charge on any atom is 0.109 e. The molecule has 0 aromatic carbocycles. The summed E-state index contributed by atoms with van der Waals surface area (Å²) in [6, 6.07) is 0.648. The van der Waals surface area contributed by atoms with Crippen LogP contribution in [0, 0.1) is 0 Å². The molecule has 2 heterocycles. The van der Waals surface area contributed by atoms with Crippen LogP contribution in [0.25, 0.3) is 0 Å². The van der Waals surface area contributed by atoms with Crippen LogP contribution in [0.4, 0.5) is 0 Å². The third kappa shape index (κ3) is 2.40. The van der Waals surface area contributed by atoms with Crippen LogP contribution in [0.1, 0.15) is 37.3 Å². The van der Waals surface area contributed by atoms with E-state index in [-0.39, 0.29) is 0 Å². The van der Waals surface area contributed by atoms with Crippen molar-refractivity contribution in [2.24, 2.45) is 0 Å². The van der Waals surface area contributed by atoms with E-state index < -0.39 is 0 Å². The van der Waals surface area contributed by atoms with E-state index in [0.29, 0.717) is 6.04 Å². The Balaban J connectivity index is 2.08. The molecule has 0 spiro atoms. The fourth-order valence-electron chi connectivity index (χ4n) is 2.21. The smallest absolute Gasteiger partial charge is 0.109 e. The van der Waals surface area contributed by atoms with Gasteiger partial charge in [0.25, 0.3) is 0 Å². The van der Waals surface area contributed by atoms with Crippen LogP contribution >= 0.6 is 0 Å². The van der Waals surface area contributed by atoms with Gasteiger partial charge in [-0.15, -0.1) is 0 Å². The van der Waals surface area contributed by atoms with Crippen molar-refractivity contribution < 1.29 is 0 Å². The molecular weight excluding hydrogens is 186 g/mol. The van der Waals surface area contributed by atoms with Crippen LogP contribution in [0.3, 0.4) is 0 Å². The third-order valence-corrected chi connectivity index (χ3v) is 3.17. The molecule has 0 saturated carbocycles. The lowest BCUT2D eigenvalue weighted by Gasteiger charge is -2.20. The molecule has 84 valence electrons. The number of nitrogens with zero attached hydrogens (tertiary/aromatic N) is 3. The van der Waals surface area contributed by atoms with E-state index in [4.69, 9.17) is 4.98 Å². The average molecular weight is 207 g/mol.